The summed E-state index contributed by atoms with van der Waals surface area (Å²) in [5.74, 6) is 1.64. The van der Waals surface area contributed by atoms with E-state index in [9.17, 15) is 5.11 Å². The molecule has 1 aromatic rings. The zero-order valence-corrected chi connectivity index (χ0v) is 9.06. The number of aliphatic hydroxyl groups is 1. The van der Waals surface area contributed by atoms with Crippen LogP contribution in [0.15, 0.2) is 18.2 Å². The van der Waals surface area contributed by atoms with E-state index in [1.54, 1.807) is 0 Å². The number of aliphatic hydroxyl groups excluding tert-OH is 1. The summed E-state index contributed by atoms with van der Waals surface area (Å²) in [5.41, 5.74) is 1.15. The molecule has 86 valence electrons. The second-order valence-electron chi connectivity index (χ2n) is 4.26. The van der Waals surface area contributed by atoms with Crippen molar-refractivity contribution in [3.05, 3.63) is 18.2 Å². The fourth-order valence-corrected chi connectivity index (χ4v) is 2.21. The normalized spacial score (nSPS) is 20.2. The van der Waals surface area contributed by atoms with Crippen LogP contribution < -0.4 is 14.4 Å². The molecule has 0 atom stereocenters. The highest BCUT2D eigenvalue weighted by Crippen LogP contribution is 2.36. The van der Waals surface area contributed by atoms with E-state index in [2.05, 4.69) is 4.90 Å². The fraction of sp³-hybridized carbons (Fsp3) is 0.500. The fourth-order valence-electron chi connectivity index (χ4n) is 2.21. The van der Waals surface area contributed by atoms with Crippen LogP contribution in [0.2, 0.25) is 0 Å². The van der Waals surface area contributed by atoms with Gasteiger partial charge in [-0.25, -0.2) is 0 Å². The number of rotatable bonds is 1. The summed E-state index contributed by atoms with van der Waals surface area (Å²) in [7, 11) is 0. The Balaban J connectivity index is 1.79. The quantitative estimate of drug-likeness (QED) is 0.778. The summed E-state index contributed by atoms with van der Waals surface area (Å²) in [4.78, 5) is 2.27. The van der Waals surface area contributed by atoms with Crippen molar-refractivity contribution >= 4 is 5.69 Å². The van der Waals surface area contributed by atoms with Crippen LogP contribution >= 0.6 is 0 Å². The number of ether oxygens (including phenoxy) is 2. The SMILES string of the molecule is OC1CCN(c2ccc3c(c2)OCO3)CC1. The molecule has 0 bridgehead atoms. The summed E-state index contributed by atoms with van der Waals surface area (Å²) < 4.78 is 10.6. The Hall–Kier alpha value is -1.42. The molecule has 0 amide bonds. The molecule has 4 heteroatoms. The summed E-state index contributed by atoms with van der Waals surface area (Å²) in [6, 6.07) is 6.01. The van der Waals surface area contributed by atoms with E-state index in [-0.39, 0.29) is 6.10 Å². The molecule has 1 N–H and O–H groups in total. The lowest BCUT2D eigenvalue weighted by molar-refractivity contribution is 0.145. The molecule has 0 aliphatic carbocycles. The second kappa shape index (κ2) is 3.87. The van der Waals surface area contributed by atoms with E-state index in [0.29, 0.717) is 6.79 Å². The van der Waals surface area contributed by atoms with Crippen molar-refractivity contribution in [1.82, 2.24) is 0 Å². The highest BCUT2D eigenvalue weighted by Gasteiger charge is 2.20. The van der Waals surface area contributed by atoms with Gasteiger partial charge in [0.05, 0.1) is 6.10 Å². The van der Waals surface area contributed by atoms with E-state index >= 15 is 0 Å². The van der Waals surface area contributed by atoms with E-state index in [0.717, 1.165) is 43.1 Å². The van der Waals surface area contributed by atoms with Gasteiger partial charge in [0.1, 0.15) is 0 Å². The van der Waals surface area contributed by atoms with Crippen LogP contribution in [0.1, 0.15) is 12.8 Å². The number of piperidine rings is 1. The Bertz CT molecular complexity index is 386. The van der Waals surface area contributed by atoms with Gasteiger partial charge in [-0.3, -0.25) is 0 Å². The molecule has 0 spiro atoms. The van der Waals surface area contributed by atoms with Gasteiger partial charge in [-0.1, -0.05) is 0 Å². The highest BCUT2D eigenvalue weighted by molar-refractivity contribution is 5.57. The van der Waals surface area contributed by atoms with Crippen molar-refractivity contribution < 1.29 is 14.6 Å². The number of anilines is 1. The molecule has 2 aliphatic heterocycles. The van der Waals surface area contributed by atoms with Crippen LogP contribution in [0.25, 0.3) is 0 Å². The predicted octanol–water partition coefficient (Wildman–Crippen LogP) is 1.38. The van der Waals surface area contributed by atoms with Gasteiger partial charge in [-0.15, -0.1) is 0 Å². The van der Waals surface area contributed by atoms with Gasteiger partial charge in [0.25, 0.3) is 0 Å². The van der Waals surface area contributed by atoms with Gasteiger partial charge in [-0.05, 0) is 25.0 Å². The van der Waals surface area contributed by atoms with Gasteiger partial charge in [0.15, 0.2) is 11.5 Å². The highest BCUT2D eigenvalue weighted by atomic mass is 16.7. The minimum atomic E-state index is -0.134. The number of hydrogen-bond donors (Lipinski definition) is 1. The molecule has 16 heavy (non-hydrogen) atoms. The number of hydrogen-bond acceptors (Lipinski definition) is 4. The van der Waals surface area contributed by atoms with E-state index in [1.807, 2.05) is 18.2 Å². The first kappa shape index (κ1) is 9.78. The maximum Gasteiger partial charge on any atom is 0.231 e. The molecule has 2 aliphatic rings. The Morgan fingerprint density at radius 2 is 1.88 bits per heavy atom. The Labute approximate surface area is 94.4 Å². The molecule has 0 radical (unpaired) electrons. The zero-order chi connectivity index (χ0) is 11.0. The number of nitrogens with zero attached hydrogens (tertiary/aromatic N) is 1. The van der Waals surface area contributed by atoms with Gasteiger partial charge in [0, 0.05) is 24.8 Å². The van der Waals surface area contributed by atoms with E-state index in [4.69, 9.17) is 9.47 Å². The average molecular weight is 221 g/mol. The van der Waals surface area contributed by atoms with Crippen molar-refractivity contribution in [2.75, 3.05) is 24.8 Å². The minimum absolute atomic E-state index is 0.134. The van der Waals surface area contributed by atoms with Crippen LogP contribution in [0.3, 0.4) is 0 Å². The third kappa shape index (κ3) is 1.69. The monoisotopic (exact) mass is 221 g/mol. The Morgan fingerprint density at radius 1 is 1.12 bits per heavy atom. The van der Waals surface area contributed by atoms with E-state index < -0.39 is 0 Å². The largest absolute Gasteiger partial charge is 0.454 e. The van der Waals surface area contributed by atoms with Crippen LogP contribution in [0.4, 0.5) is 5.69 Å². The first-order chi connectivity index (χ1) is 7.83. The lowest BCUT2D eigenvalue weighted by Gasteiger charge is -2.31. The number of fused-ring (bicyclic) bond motifs is 1. The van der Waals surface area contributed by atoms with Crippen LogP contribution in [0.5, 0.6) is 11.5 Å². The van der Waals surface area contributed by atoms with Gasteiger partial charge in [-0.2, -0.15) is 0 Å². The van der Waals surface area contributed by atoms with Gasteiger partial charge < -0.3 is 19.5 Å². The molecule has 4 nitrogen and oxygen atoms in total. The van der Waals surface area contributed by atoms with Crippen LogP contribution in [-0.2, 0) is 0 Å². The molecule has 0 unspecified atom stereocenters. The molecule has 1 fully saturated rings. The summed E-state index contributed by atoms with van der Waals surface area (Å²) in [6.07, 6.45) is 1.55. The lowest BCUT2D eigenvalue weighted by Crippen LogP contribution is -2.35. The molecule has 1 aromatic carbocycles. The third-order valence-corrected chi connectivity index (χ3v) is 3.19. The minimum Gasteiger partial charge on any atom is -0.454 e. The standard InChI is InChI=1S/C12H15NO3/c14-10-3-5-13(6-4-10)9-1-2-11-12(7-9)16-8-15-11/h1-2,7,10,14H,3-6,8H2. The average Bonchev–Trinajstić information content (AvgIpc) is 2.77. The molecule has 0 aromatic heterocycles. The zero-order valence-electron chi connectivity index (χ0n) is 9.06. The summed E-state index contributed by atoms with van der Waals surface area (Å²) in [5, 5.41) is 9.46. The van der Waals surface area contributed by atoms with Crippen molar-refractivity contribution in [1.29, 1.82) is 0 Å². The smallest absolute Gasteiger partial charge is 0.231 e. The van der Waals surface area contributed by atoms with Gasteiger partial charge >= 0.3 is 0 Å². The van der Waals surface area contributed by atoms with Crippen molar-refractivity contribution in [2.24, 2.45) is 0 Å². The third-order valence-electron chi connectivity index (χ3n) is 3.19. The molecule has 2 heterocycles. The Morgan fingerprint density at radius 3 is 2.69 bits per heavy atom. The van der Waals surface area contributed by atoms with Gasteiger partial charge in [0.2, 0.25) is 6.79 Å². The number of benzene rings is 1. The van der Waals surface area contributed by atoms with Crippen molar-refractivity contribution in [3.63, 3.8) is 0 Å². The molecule has 3 rings (SSSR count). The summed E-state index contributed by atoms with van der Waals surface area (Å²) in [6.45, 7) is 2.12. The van der Waals surface area contributed by atoms with E-state index in [1.165, 1.54) is 0 Å². The molecule has 1 saturated heterocycles. The summed E-state index contributed by atoms with van der Waals surface area (Å²) >= 11 is 0. The van der Waals surface area contributed by atoms with Crippen molar-refractivity contribution in [2.45, 2.75) is 18.9 Å². The lowest BCUT2D eigenvalue weighted by atomic mass is 10.1. The first-order valence-corrected chi connectivity index (χ1v) is 5.65. The Kier molecular flexibility index (Phi) is 2.36. The predicted molar refractivity (Wildman–Crippen MR) is 60.0 cm³/mol. The molecular formula is C12H15NO3. The van der Waals surface area contributed by atoms with Crippen LogP contribution in [0, 0.1) is 0 Å². The maximum atomic E-state index is 9.46. The molecular weight excluding hydrogens is 206 g/mol. The second-order valence-corrected chi connectivity index (χ2v) is 4.26. The maximum absolute atomic E-state index is 9.46. The first-order valence-electron chi connectivity index (χ1n) is 5.65. The topological polar surface area (TPSA) is 41.9 Å². The van der Waals surface area contributed by atoms with Crippen molar-refractivity contribution in [3.8, 4) is 11.5 Å². The molecule has 0 saturated carbocycles. The van der Waals surface area contributed by atoms with Crippen LogP contribution in [-0.4, -0.2) is 31.1 Å².